The number of carbonyl (C=O) groups excluding carboxylic acids is 4. The Kier molecular flexibility index (Phi) is 8.56. The molecule has 3 aliphatic rings. The number of piperidine rings is 1. The lowest BCUT2D eigenvalue weighted by molar-refractivity contribution is -0.134. The van der Waals surface area contributed by atoms with Crippen molar-refractivity contribution in [3.8, 4) is 0 Å². The van der Waals surface area contributed by atoms with E-state index in [-0.39, 0.29) is 41.3 Å². The monoisotopic (exact) mass is 685 g/mol. The number of rotatable bonds is 8. The SMILES string of the molecule is C[C@@H]1CNC(=O)c2cc3ccc(C(=O)Nc4cnn(Cc5ccc(N6CCN(Cc7cccc(C8CCC(=O)NC8=O)c7)CC6)cc5)c4)nc3n21. The van der Waals surface area contributed by atoms with Crippen molar-refractivity contribution in [3.63, 3.8) is 0 Å². The van der Waals surface area contributed by atoms with Gasteiger partial charge in [-0.1, -0.05) is 36.4 Å². The standard InChI is InChI=1S/C38H39N9O4/c1-24-19-39-38(51)33-18-28-7-11-32(42-35(28)47(24)33)37(50)41-29-20-40-46(23-29)22-25-5-8-30(9-6-25)45-15-13-44(14-16-45)21-26-3-2-4-27(17-26)31-10-12-34(48)43-36(31)49/h2-9,11,17-18,20,23-24,31H,10,12-16,19,21-22H2,1H3,(H,39,51)(H,41,50)(H,43,48,49)/t24-,31?/m1/s1. The first-order valence-corrected chi connectivity index (χ1v) is 17.4. The van der Waals surface area contributed by atoms with Gasteiger partial charge in [0.2, 0.25) is 11.8 Å². The van der Waals surface area contributed by atoms with E-state index in [0.717, 1.165) is 49.2 Å². The molecule has 6 heterocycles. The van der Waals surface area contributed by atoms with Gasteiger partial charge in [0.05, 0.1) is 30.4 Å². The van der Waals surface area contributed by atoms with Gasteiger partial charge in [-0.2, -0.15) is 5.10 Å². The van der Waals surface area contributed by atoms with Crippen LogP contribution in [0.2, 0.25) is 0 Å². The van der Waals surface area contributed by atoms with E-state index in [1.54, 1.807) is 23.1 Å². The minimum Gasteiger partial charge on any atom is -0.369 e. The molecule has 2 fully saturated rings. The summed E-state index contributed by atoms with van der Waals surface area (Å²) in [5.74, 6) is -1.14. The molecule has 3 aliphatic heterocycles. The van der Waals surface area contributed by atoms with E-state index < -0.39 is 0 Å². The predicted octanol–water partition coefficient (Wildman–Crippen LogP) is 3.68. The molecule has 8 rings (SSSR count). The lowest BCUT2D eigenvalue weighted by Crippen LogP contribution is -2.46. The Bertz CT molecular complexity index is 2150. The summed E-state index contributed by atoms with van der Waals surface area (Å²) in [6, 6.07) is 22.0. The smallest absolute Gasteiger partial charge is 0.274 e. The molecule has 4 amide bonds. The van der Waals surface area contributed by atoms with Gasteiger partial charge in [0, 0.05) is 63.0 Å². The quantitative estimate of drug-likeness (QED) is 0.210. The minimum atomic E-state index is -0.342. The molecule has 5 aromatic rings. The molecule has 13 heteroatoms. The Labute approximate surface area is 294 Å². The van der Waals surface area contributed by atoms with Crippen LogP contribution in [0.3, 0.4) is 0 Å². The van der Waals surface area contributed by atoms with Crippen molar-refractivity contribution in [2.75, 3.05) is 42.9 Å². The zero-order chi connectivity index (χ0) is 35.1. The Morgan fingerprint density at radius 2 is 1.76 bits per heavy atom. The predicted molar refractivity (Wildman–Crippen MR) is 192 cm³/mol. The average molecular weight is 686 g/mol. The number of aromatic nitrogens is 4. The van der Waals surface area contributed by atoms with E-state index in [1.165, 1.54) is 11.3 Å². The third-order valence-corrected chi connectivity index (χ3v) is 10.1. The molecule has 2 atom stereocenters. The summed E-state index contributed by atoms with van der Waals surface area (Å²) in [4.78, 5) is 58.8. The number of benzene rings is 2. The minimum absolute atomic E-state index is 0.0359. The van der Waals surface area contributed by atoms with Gasteiger partial charge < -0.3 is 20.1 Å². The van der Waals surface area contributed by atoms with Crippen LogP contribution in [0.15, 0.2) is 79.1 Å². The Morgan fingerprint density at radius 1 is 0.941 bits per heavy atom. The van der Waals surface area contributed by atoms with Crippen LogP contribution in [0.5, 0.6) is 0 Å². The van der Waals surface area contributed by atoms with Crippen LogP contribution in [-0.2, 0) is 22.7 Å². The number of amides is 4. The van der Waals surface area contributed by atoms with Gasteiger partial charge in [-0.15, -0.1) is 0 Å². The van der Waals surface area contributed by atoms with Crippen molar-refractivity contribution in [1.82, 2.24) is 34.9 Å². The number of imide groups is 1. The fourth-order valence-electron chi connectivity index (χ4n) is 7.32. The maximum Gasteiger partial charge on any atom is 0.274 e. The summed E-state index contributed by atoms with van der Waals surface area (Å²) >= 11 is 0. The lowest BCUT2D eigenvalue weighted by atomic mass is 9.89. The van der Waals surface area contributed by atoms with E-state index >= 15 is 0 Å². The second kappa shape index (κ2) is 13.5. The van der Waals surface area contributed by atoms with E-state index in [0.29, 0.717) is 43.0 Å². The first-order valence-electron chi connectivity index (χ1n) is 17.4. The fourth-order valence-corrected chi connectivity index (χ4v) is 7.32. The first kappa shape index (κ1) is 32.4. The summed E-state index contributed by atoms with van der Waals surface area (Å²) in [5, 5.41) is 13.5. The second-order valence-corrected chi connectivity index (χ2v) is 13.6. The third-order valence-electron chi connectivity index (χ3n) is 10.1. The maximum atomic E-state index is 13.1. The lowest BCUT2D eigenvalue weighted by Gasteiger charge is -2.36. The molecule has 2 aromatic carbocycles. The molecule has 0 radical (unpaired) electrons. The second-order valence-electron chi connectivity index (χ2n) is 13.6. The van der Waals surface area contributed by atoms with Crippen LogP contribution in [0, 0.1) is 0 Å². The van der Waals surface area contributed by atoms with Gasteiger partial charge in [0.1, 0.15) is 17.0 Å². The molecule has 0 aliphatic carbocycles. The number of hydrogen-bond donors (Lipinski definition) is 3. The number of fused-ring (bicyclic) bond motifs is 3. The van der Waals surface area contributed by atoms with E-state index in [9.17, 15) is 19.2 Å². The number of pyridine rings is 1. The summed E-state index contributed by atoms with van der Waals surface area (Å²) in [5.41, 5.74) is 6.43. The number of piperazine rings is 1. The van der Waals surface area contributed by atoms with Crippen molar-refractivity contribution in [3.05, 3.63) is 107 Å². The molecule has 51 heavy (non-hydrogen) atoms. The number of nitrogens with zero attached hydrogens (tertiary/aromatic N) is 6. The van der Waals surface area contributed by atoms with Crippen LogP contribution in [0.4, 0.5) is 11.4 Å². The Balaban J connectivity index is 0.837. The number of nitrogens with one attached hydrogen (secondary N) is 3. The van der Waals surface area contributed by atoms with Crippen molar-refractivity contribution in [2.45, 2.75) is 44.8 Å². The average Bonchev–Trinajstić information content (AvgIpc) is 3.75. The Morgan fingerprint density at radius 3 is 2.57 bits per heavy atom. The molecule has 0 spiro atoms. The normalized spacial score (nSPS) is 19.5. The van der Waals surface area contributed by atoms with Crippen molar-refractivity contribution in [2.24, 2.45) is 0 Å². The molecule has 1 unspecified atom stereocenters. The number of carbonyl (C=O) groups is 4. The van der Waals surface area contributed by atoms with Gasteiger partial charge in [-0.3, -0.25) is 34.1 Å². The van der Waals surface area contributed by atoms with Crippen molar-refractivity contribution < 1.29 is 19.2 Å². The molecule has 3 N–H and O–H groups in total. The zero-order valence-corrected chi connectivity index (χ0v) is 28.3. The van der Waals surface area contributed by atoms with Gasteiger partial charge in [-0.25, -0.2) is 4.98 Å². The van der Waals surface area contributed by atoms with Crippen LogP contribution in [-0.4, -0.2) is 80.6 Å². The summed E-state index contributed by atoms with van der Waals surface area (Å²) < 4.78 is 3.68. The van der Waals surface area contributed by atoms with Gasteiger partial charge in [0.25, 0.3) is 11.8 Å². The topological polar surface area (TPSA) is 146 Å². The fraction of sp³-hybridized carbons (Fsp3) is 0.316. The first-order chi connectivity index (χ1) is 24.8. The number of anilines is 2. The van der Waals surface area contributed by atoms with Crippen molar-refractivity contribution >= 4 is 46.0 Å². The maximum absolute atomic E-state index is 13.1. The molecule has 3 aromatic heterocycles. The molecular formula is C38H39N9O4. The molecule has 260 valence electrons. The van der Waals surface area contributed by atoms with Crippen LogP contribution < -0.4 is 20.9 Å². The van der Waals surface area contributed by atoms with E-state index in [2.05, 4.69) is 72.2 Å². The van der Waals surface area contributed by atoms with Crippen LogP contribution >= 0.6 is 0 Å². The summed E-state index contributed by atoms with van der Waals surface area (Å²) in [6.45, 7) is 7.59. The third kappa shape index (κ3) is 6.72. The highest BCUT2D eigenvalue weighted by Gasteiger charge is 2.29. The molecule has 0 saturated carbocycles. The van der Waals surface area contributed by atoms with Crippen LogP contribution in [0.25, 0.3) is 11.0 Å². The molecular weight excluding hydrogens is 646 g/mol. The van der Waals surface area contributed by atoms with Crippen LogP contribution in [0.1, 0.15) is 69.4 Å². The Hall–Kier alpha value is -5.82. The highest BCUT2D eigenvalue weighted by molar-refractivity contribution is 6.05. The molecule has 0 bridgehead atoms. The highest BCUT2D eigenvalue weighted by Crippen LogP contribution is 2.28. The largest absolute Gasteiger partial charge is 0.369 e. The number of hydrogen-bond acceptors (Lipinski definition) is 8. The molecule has 13 nitrogen and oxygen atoms in total. The van der Waals surface area contributed by atoms with E-state index in [1.807, 2.05) is 35.8 Å². The summed E-state index contributed by atoms with van der Waals surface area (Å²) in [6.07, 6.45) is 4.37. The van der Waals surface area contributed by atoms with Gasteiger partial charge in [0.15, 0.2) is 0 Å². The van der Waals surface area contributed by atoms with Gasteiger partial charge >= 0.3 is 0 Å². The highest BCUT2D eigenvalue weighted by atomic mass is 16.2. The van der Waals surface area contributed by atoms with E-state index in [4.69, 9.17) is 0 Å². The zero-order valence-electron chi connectivity index (χ0n) is 28.3. The van der Waals surface area contributed by atoms with Crippen molar-refractivity contribution in [1.29, 1.82) is 0 Å². The van der Waals surface area contributed by atoms with Gasteiger partial charge in [-0.05, 0) is 60.4 Å². The summed E-state index contributed by atoms with van der Waals surface area (Å²) in [7, 11) is 0. The molecule has 2 saturated heterocycles.